The number of fused-ring (bicyclic) bond motifs is 2. The Hall–Kier alpha value is -5.29. The number of nitrogens with one attached hydrogen (secondary N) is 1. The Bertz CT molecular complexity index is 2080. The molecule has 0 aliphatic carbocycles. The Kier molecular flexibility index (Phi) is 8.91. The number of alkyl halides is 3. The highest BCUT2D eigenvalue weighted by molar-refractivity contribution is 5.87. The van der Waals surface area contributed by atoms with E-state index in [2.05, 4.69) is 59.3 Å². The highest BCUT2D eigenvalue weighted by Crippen LogP contribution is 2.32. The van der Waals surface area contributed by atoms with Gasteiger partial charge in [-0.2, -0.15) is 13.2 Å². The van der Waals surface area contributed by atoms with Crippen molar-refractivity contribution in [3.05, 3.63) is 119 Å². The molecule has 1 aliphatic heterocycles. The van der Waals surface area contributed by atoms with Crippen LogP contribution in [-0.2, 0) is 11.3 Å². The summed E-state index contributed by atoms with van der Waals surface area (Å²) in [5.41, 5.74) is 10.1. The molecule has 0 spiro atoms. The Morgan fingerprint density at radius 1 is 0.851 bits per heavy atom. The molecule has 11 heteroatoms. The van der Waals surface area contributed by atoms with E-state index in [1.54, 1.807) is 0 Å². The lowest BCUT2D eigenvalue weighted by molar-refractivity contribution is -0.192. The number of imidazole rings is 1. The van der Waals surface area contributed by atoms with Crippen molar-refractivity contribution in [3.8, 4) is 22.5 Å². The van der Waals surface area contributed by atoms with Crippen LogP contribution in [0.25, 0.3) is 44.6 Å². The Morgan fingerprint density at radius 3 is 2.15 bits per heavy atom. The largest absolute Gasteiger partial charge is 0.490 e. The number of rotatable bonds is 5. The van der Waals surface area contributed by atoms with Gasteiger partial charge in [0.1, 0.15) is 0 Å². The number of likely N-dealkylation sites (tertiary alicyclic amines) is 1. The van der Waals surface area contributed by atoms with Crippen molar-refractivity contribution in [1.82, 2.24) is 24.4 Å². The molecule has 0 atom stereocenters. The lowest BCUT2D eigenvalue weighted by Crippen LogP contribution is -2.36. The van der Waals surface area contributed by atoms with Crippen LogP contribution in [-0.4, -0.2) is 54.8 Å². The van der Waals surface area contributed by atoms with Crippen molar-refractivity contribution in [1.29, 1.82) is 0 Å². The lowest BCUT2D eigenvalue weighted by Gasteiger charge is -2.32. The number of piperidine rings is 1. The number of hydrogen-bond donors (Lipinski definition) is 2. The molecule has 0 bridgehead atoms. The summed E-state index contributed by atoms with van der Waals surface area (Å²) in [5.74, 6) is -2.76. The zero-order valence-corrected chi connectivity index (χ0v) is 25.5. The van der Waals surface area contributed by atoms with Gasteiger partial charge in [-0.1, -0.05) is 78.9 Å². The SMILES string of the molecule is Cc1cccc2nc(-c3ccccc3)c(-c3ccc(CN4CCC(n5c(=O)[nH]c6ccccc65)CC4)cc3)nc12.O=C(O)C(F)(F)F. The number of halogens is 3. The summed E-state index contributed by atoms with van der Waals surface area (Å²) in [7, 11) is 0. The molecule has 1 fully saturated rings. The van der Waals surface area contributed by atoms with Gasteiger partial charge < -0.3 is 10.1 Å². The van der Waals surface area contributed by atoms with Gasteiger partial charge in [0.25, 0.3) is 0 Å². The monoisotopic (exact) mass is 639 g/mol. The van der Waals surface area contributed by atoms with E-state index < -0.39 is 12.1 Å². The molecule has 1 saturated heterocycles. The van der Waals surface area contributed by atoms with Crippen molar-refractivity contribution in [2.75, 3.05) is 13.1 Å². The zero-order chi connectivity index (χ0) is 33.1. The molecule has 240 valence electrons. The Balaban J connectivity index is 0.000000499. The minimum atomic E-state index is -5.08. The minimum Gasteiger partial charge on any atom is -0.475 e. The normalized spacial score (nSPS) is 14.2. The maximum Gasteiger partial charge on any atom is 0.490 e. The molecule has 0 saturated carbocycles. The molecule has 6 aromatic rings. The number of para-hydroxylation sites is 3. The first-order chi connectivity index (χ1) is 22.6. The van der Waals surface area contributed by atoms with E-state index in [4.69, 9.17) is 19.9 Å². The Labute approximate surface area is 268 Å². The molecule has 0 amide bonds. The topological polar surface area (TPSA) is 104 Å². The molecular formula is C36H32F3N5O3. The third-order valence-electron chi connectivity index (χ3n) is 8.37. The fraction of sp³-hybridized carbons (Fsp3) is 0.222. The van der Waals surface area contributed by atoms with Crippen molar-refractivity contribution >= 4 is 28.0 Å². The highest BCUT2D eigenvalue weighted by Gasteiger charge is 2.38. The smallest absolute Gasteiger partial charge is 0.475 e. The van der Waals surface area contributed by atoms with Crippen LogP contribution in [0.1, 0.15) is 30.0 Å². The predicted octanol–water partition coefficient (Wildman–Crippen LogP) is 7.39. The molecule has 1 aliphatic rings. The summed E-state index contributed by atoms with van der Waals surface area (Å²) in [6.07, 6.45) is -3.15. The summed E-state index contributed by atoms with van der Waals surface area (Å²) in [4.78, 5) is 37.2. The average molecular weight is 640 g/mol. The molecule has 0 radical (unpaired) electrons. The second-order valence-corrected chi connectivity index (χ2v) is 11.6. The summed E-state index contributed by atoms with van der Waals surface area (Å²) in [6.45, 7) is 4.91. The molecule has 7 rings (SSSR count). The van der Waals surface area contributed by atoms with Crippen LogP contribution >= 0.6 is 0 Å². The van der Waals surface area contributed by atoms with Gasteiger partial charge in [-0.05, 0) is 49.1 Å². The maximum atomic E-state index is 12.6. The molecule has 2 N–H and O–H groups in total. The van der Waals surface area contributed by atoms with E-state index in [1.165, 1.54) is 5.56 Å². The van der Waals surface area contributed by atoms with Gasteiger partial charge in [0.05, 0.1) is 33.5 Å². The number of hydrogen-bond acceptors (Lipinski definition) is 5. The first-order valence-electron chi connectivity index (χ1n) is 15.2. The first-order valence-corrected chi connectivity index (χ1v) is 15.2. The number of carbonyl (C=O) groups is 1. The van der Waals surface area contributed by atoms with Gasteiger partial charge in [-0.25, -0.2) is 19.6 Å². The number of benzene rings is 4. The molecule has 3 heterocycles. The molecule has 0 unspecified atom stereocenters. The number of aromatic amines is 1. The van der Waals surface area contributed by atoms with Gasteiger partial charge in [0.15, 0.2) is 0 Å². The minimum absolute atomic E-state index is 0.00269. The summed E-state index contributed by atoms with van der Waals surface area (Å²) < 4.78 is 33.7. The maximum absolute atomic E-state index is 12.6. The lowest BCUT2D eigenvalue weighted by atomic mass is 10.0. The second-order valence-electron chi connectivity index (χ2n) is 11.6. The van der Waals surface area contributed by atoms with Crippen molar-refractivity contribution in [3.63, 3.8) is 0 Å². The number of carboxylic acids is 1. The highest BCUT2D eigenvalue weighted by atomic mass is 19.4. The van der Waals surface area contributed by atoms with Crippen LogP contribution in [0.4, 0.5) is 13.2 Å². The number of aliphatic carboxylic acids is 1. The van der Waals surface area contributed by atoms with E-state index in [1.807, 2.05) is 59.2 Å². The number of aromatic nitrogens is 4. The van der Waals surface area contributed by atoms with E-state index >= 15 is 0 Å². The van der Waals surface area contributed by atoms with Crippen LogP contribution in [0, 0.1) is 6.92 Å². The molecule has 47 heavy (non-hydrogen) atoms. The third-order valence-corrected chi connectivity index (χ3v) is 8.37. The van der Waals surface area contributed by atoms with Crippen LogP contribution in [0.3, 0.4) is 0 Å². The van der Waals surface area contributed by atoms with Gasteiger partial charge in [0.2, 0.25) is 0 Å². The van der Waals surface area contributed by atoms with Gasteiger partial charge in [0, 0.05) is 36.8 Å². The molecule has 8 nitrogen and oxygen atoms in total. The zero-order valence-electron chi connectivity index (χ0n) is 25.5. The van der Waals surface area contributed by atoms with E-state index in [9.17, 15) is 18.0 Å². The van der Waals surface area contributed by atoms with Crippen LogP contribution < -0.4 is 5.69 Å². The molecule has 4 aromatic carbocycles. The quantitative estimate of drug-likeness (QED) is 0.204. The molecular weight excluding hydrogens is 607 g/mol. The fourth-order valence-corrected chi connectivity index (χ4v) is 6.01. The van der Waals surface area contributed by atoms with Gasteiger partial charge in [-0.15, -0.1) is 0 Å². The summed E-state index contributed by atoms with van der Waals surface area (Å²) >= 11 is 0. The summed E-state index contributed by atoms with van der Waals surface area (Å²) in [6, 6.07) is 33.4. The fourth-order valence-electron chi connectivity index (χ4n) is 6.01. The average Bonchev–Trinajstić information content (AvgIpc) is 3.41. The van der Waals surface area contributed by atoms with E-state index in [-0.39, 0.29) is 11.7 Å². The number of carboxylic acid groups (broad SMARTS) is 1. The summed E-state index contributed by atoms with van der Waals surface area (Å²) in [5, 5.41) is 7.12. The predicted molar refractivity (Wildman–Crippen MR) is 175 cm³/mol. The number of aryl methyl sites for hydroxylation is 1. The van der Waals surface area contributed by atoms with E-state index in [0.717, 1.165) is 82.6 Å². The van der Waals surface area contributed by atoms with Crippen LogP contribution in [0.15, 0.2) is 102 Å². The standard InChI is InChI=1S/C34H31N5O.C2HF3O2/c1-23-8-7-12-29-31(23)37-33(32(35-29)25-9-3-2-4-10-25)26-16-14-24(15-17-26)22-38-20-18-27(19-21-38)39-30-13-6-5-11-28(30)36-34(39)40;3-2(4,5)1(6)7/h2-17,27H,18-22H2,1H3,(H,36,40);(H,6,7). The molecule has 2 aromatic heterocycles. The number of H-pyrrole nitrogens is 1. The van der Waals surface area contributed by atoms with Crippen molar-refractivity contribution in [2.45, 2.75) is 38.5 Å². The van der Waals surface area contributed by atoms with Crippen LogP contribution in [0.5, 0.6) is 0 Å². The van der Waals surface area contributed by atoms with E-state index in [0.29, 0.717) is 0 Å². The Morgan fingerprint density at radius 2 is 1.47 bits per heavy atom. The second kappa shape index (κ2) is 13.2. The third kappa shape index (κ3) is 6.95. The van der Waals surface area contributed by atoms with Crippen molar-refractivity contribution < 1.29 is 23.1 Å². The van der Waals surface area contributed by atoms with Crippen LogP contribution in [0.2, 0.25) is 0 Å². The van der Waals surface area contributed by atoms with Gasteiger partial charge >= 0.3 is 17.8 Å². The van der Waals surface area contributed by atoms with Gasteiger partial charge in [-0.3, -0.25) is 9.47 Å². The van der Waals surface area contributed by atoms with Crippen molar-refractivity contribution in [2.24, 2.45) is 0 Å². The number of nitrogens with zero attached hydrogens (tertiary/aromatic N) is 4. The first kappa shape index (κ1) is 31.7.